The van der Waals surface area contributed by atoms with Crippen molar-refractivity contribution in [3.8, 4) is 0 Å². The molecule has 0 saturated carbocycles. The van der Waals surface area contributed by atoms with Gasteiger partial charge in [0.25, 0.3) is 5.22 Å². The number of nitrogens with zero attached hydrogens (tertiary/aromatic N) is 1. The summed E-state index contributed by atoms with van der Waals surface area (Å²) in [7, 11) is 0. The van der Waals surface area contributed by atoms with Crippen LogP contribution in [-0.2, 0) is 4.79 Å². The molecule has 3 aromatic rings. The molecular formula is C27H34N2O3S. The molecule has 3 rings (SSSR count). The van der Waals surface area contributed by atoms with Crippen LogP contribution in [0.3, 0.4) is 0 Å². The molecule has 176 valence electrons. The Morgan fingerprint density at radius 3 is 2.27 bits per heavy atom. The highest BCUT2D eigenvalue weighted by atomic mass is 32.2. The third-order valence-corrected chi connectivity index (χ3v) is 6.60. The number of fused-ring (bicyclic) bond motifs is 1. The van der Waals surface area contributed by atoms with Crippen molar-refractivity contribution in [2.24, 2.45) is 0 Å². The fraction of sp³-hybridized carbons (Fsp3) is 0.444. The van der Waals surface area contributed by atoms with Crippen molar-refractivity contribution in [2.45, 2.75) is 77.4 Å². The summed E-state index contributed by atoms with van der Waals surface area (Å²) >= 11 is 1.55. The Bertz CT molecular complexity index is 1090. The number of thioether (sulfide) groups is 1. The number of ketones is 1. The number of anilines is 1. The van der Waals surface area contributed by atoms with Crippen molar-refractivity contribution < 1.29 is 14.0 Å². The average Bonchev–Trinajstić information content (AvgIpc) is 3.18. The summed E-state index contributed by atoms with van der Waals surface area (Å²) in [4.78, 5) is 28.9. The molecule has 1 N–H and O–H groups in total. The number of carbonyl (C=O) groups is 2. The van der Waals surface area contributed by atoms with Gasteiger partial charge in [-0.1, -0.05) is 70.1 Å². The van der Waals surface area contributed by atoms with E-state index in [2.05, 4.69) is 56.2 Å². The maximum Gasteiger partial charge on any atom is 0.256 e. The van der Waals surface area contributed by atoms with Gasteiger partial charge >= 0.3 is 0 Å². The van der Waals surface area contributed by atoms with Gasteiger partial charge in [0.05, 0.1) is 5.56 Å². The number of Topliss-reactive ketones (excluding diaryl/α,β-unsaturated/α-hetero) is 1. The van der Waals surface area contributed by atoms with Crippen molar-refractivity contribution in [3.05, 3.63) is 53.1 Å². The number of hydrogen-bond acceptors (Lipinski definition) is 5. The minimum atomic E-state index is -0.0249. The molecule has 0 radical (unpaired) electrons. The van der Waals surface area contributed by atoms with E-state index in [0.717, 1.165) is 30.7 Å². The monoisotopic (exact) mass is 466 g/mol. The SMILES string of the molecule is CC(=O)c1cccc2nc(SCCCCCC(=O)Nc3c(C(C)C)cccc3C(C)C)oc12. The summed E-state index contributed by atoms with van der Waals surface area (Å²) in [5.41, 5.74) is 5.21. The van der Waals surface area contributed by atoms with E-state index in [4.69, 9.17) is 4.42 Å². The van der Waals surface area contributed by atoms with Gasteiger partial charge in [-0.05, 0) is 54.9 Å². The first-order valence-electron chi connectivity index (χ1n) is 11.7. The van der Waals surface area contributed by atoms with Gasteiger partial charge in [0.1, 0.15) is 5.52 Å². The molecule has 0 atom stereocenters. The van der Waals surface area contributed by atoms with Gasteiger partial charge in [0.2, 0.25) is 5.91 Å². The van der Waals surface area contributed by atoms with Crippen LogP contribution in [0.1, 0.15) is 93.6 Å². The third kappa shape index (κ3) is 6.47. The molecule has 2 aromatic carbocycles. The molecule has 6 heteroatoms. The van der Waals surface area contributed by atoms with E-state index in [-0.39, 0.29) is 11.7 Å². The van der Waals surface area contributed by atoms with Crippen LogP contribution in [0.4, 0.5) is 5.69 Å². The minimum Gasteiger partial charge on any atom is -0.431 e. The second kappa shape index (κ2) is 11.5. The van der Waals surface area contributed by atoms with E-state index in [1.54, 1.807) is 17.8 Å². The Balaban J connectivity index is 1.46. The molecule has 1 amide bonds. The number of hydrogen-bond donors (Lipinski definition) is 1. The number of aromatic nitrogens is 1. The van der Waals surface area contributed by atoms with Crippen molar-refractivity contribution in [3.63, 3.8) is 0 Å². The van der Waals surface area contributed by atoms with E-state index >= 15 is 0 Å². The fourth-order valence-corrected chi connectivity index (χ4v) is 4.72. The second-order valence-corrected chi connectivity index (χ2v) is 10.1. The lowest BCUT2D eigenvalue weighted by molar-refractivity contribution is -0.116. The molecule has 33 heavy (non-hydrogen) atoms. The van der Waals surface area contributed by atoms with Crippen LogP contribution in [0.2, 0.25) is 0 Å². The maximum atomic E-state index is 12.6. The molecule has 0 bridgehead atoms. The smallest absolute Gasteiger partial charge is 0.256 e. The molecular weight excluding hydrogens is 432 g/mol. The number of nitrogens with one attached hydrogen (secondary N) is 1. The van der Waals surface area contributed by atoms with Crippen LogP contribution in [0, 0.1) is 0 Å². The first-order chi connectivity index (χ1) is 15.8. The quantitative estimate of drug-likeness (QED) is 0.179. The van der Waals surface area contributed by atoms with Crippen molar-refractivity contribution in [1.82, 2.24) is 4.98 Å². The molecule has 1 heterocycles. The highest BCUT2D eigenvalue weighted by molar-refractivity contribution is 7.99. The predicted molar refractivity (Wildman–Crippen MR) is 136 cm³/mol. The van der Waals surface area contributed by atoms with Crippen LogP contribution < -0.4 is 5.32 Å². The molecule has 1 aromatic heterocycles. The first-order valence-corrected chi connectivity index (χ1v) is 12.7. The molecule has 5 nitrogen and oxygen atoms in total. The number of unbranched alkanes of at least 4 members (excludes halogenated alkanes) is 2. The highest BCUT2D eigenvalue weighted by Gasteiger charge is 2.16. The van der Waals surface area contributed by atoms with Crippen LogP contribution in [-0.4, -0.2) is 22.4 Å². The van der Waals surface area contributed by atoms with Crippen LogP contribution in [0.25, 0.3) is 11.1 Å². The van der Waals surface area contributed by atoms with Gasteiger partial charge in [-0.25, -0.2) is 4.98 Å². The van der Waals surface area contributed by atoms with Crippen LogP contribution >= 0.6 is 11.8 Å². The van der Waals surface area contributed by atoms with Gasteiger partial charge in [-0.15, -0.1) is 0 Å². The van der Waals surface area contributed by atoms with Crippen molar-refractivity contribution in [2.75, 3.05) is 11.1 Å². The van der Waals surface area contributed by atoms with E-state index in [9.17, 15) is 9.59 Å². The predicted octanol–water partition coefficient (Wildman–Crippen LogP) is 7.57. The summed E-state index contributed by atoms with van der Waals surface area (Å²) in [5, 5.41) is 3.78. The molecule has 0 aliphatic rings. The maximum absolute atomic E-state index is 12.6. The second-order valence-electron chi connectivity index (χ2n) is 9.02. The number of rotatable bonds is 11. The number of amides is 1. The lowest BCUT2D eigenvalue weighted by Gasteiger charge is -2.20. The Morgan fingerprint density at radius 1 is 0.970 bits per heavy atom. The number of oxazole rings is 1. The summed E-state index contributed by atoms with van der Waals surface area (Å²) in [6, 6.07) is 11.7. The molecule has 0 saturated heterocycles. The zero-order valence-corrected chi connectivity index (χ0v) is 21.1. The normalized spacial score (nSPS) is 11.5. The molecule has 0 aliphatic carbocycles. The lowest BCUT2D eigenvalue weighted by Crippen LogP contribution is -2.15. The zero-order valence-electron chi connectivity index (χ0n) is 20.2. The van der Waals surface area contributed by atoms with Crippen molar-refractivity contribution >= 4 is 40.2 Å². The first kappa shape index (κ1) is 25.0. The van der Waals surface area contributed by atoms with Crippen LogP contribution in [0.15, 0.2) is 46.0 Å². The van der Waals surface area contributed by atoms with Crippen molar-refractivity contribution in [1.29, 1.82) is 0 Å². The van der Waals surface area contributed by atoms with E-state index in [1.807, 2.05) is 12.1 Å². The largest absolute Gasteiger partial charge is 0.431 e. The summed E-state index contributed by atoms with van der Waals surface area (Å²) < 4.78 is 5.80. The topological polar surface area (TPSA) is 72.2 Å². The van der Waals surface area contributed by atoms with Gasteiger partial charge in [-0.2, -0.15) is 0 Å². The minimum absolute atomic E-state index is 0.0249. The molecule has 0 spiro atoms. The standard InChI is InChI=1S/C27H34N2O3S/c1-17(2)20-11-9-12-21(18(3)4)25(20)29-24(31)15-7-6-8-16-33-27-28-23-14-10-13-22(19(5)30)26(23)32-27/h9-14,17-18H,6-8,15-16H2,1-5H3,(H,29,31). The molecule has 0 aliphatic heterocycles. The number of benzene rings is 2. The zero-order chi connectivity index (χ0) is 24.0. The van der Waals surface area contributed by atoms with Crippen LogP contribution in [0.5, 0.6) is 0 Å². The van der Waals surface area contributed by atoms with Gasteiger partial charge in [0, 0.05) is 17.9 Å². The Morgan fingerprint density at radius 2 is 1.64 bits per heavy atom. The van der Waals surface area contributed by atoms with Gasteiger partial charge < -0.3 is 9.73 Å². The Hall–Kier alpha value is -2.60. The van der Waals surface area contributed by atoms with E-state index in [0.29, 0.717) is 40.1 Å². The third-order valence-electron chi connectivity index (χ3n) is 5.69. The van der Waals surface area contributed by atoms with Gasteiger partial charge in [0.15, 0.2) is 11.4 Å². The molecule has 0 fully saturated rings. The van der Waals surface area contributed by atoms with E-state index < -0.39 is 0 Å². The highest BCUT2D eigenvalue weighted by Crippen LogP contribution is 2.32. The Kier molecular flexibility index (Phi) is 8.73. The number of carbonyl (C=O) groups excluding carboxylic acids is 2. The molecule has 0 unspecified atom stereocenters. The Labute approximate surface area is 200 Å². The van der Waals surface area contributed by atoms with E-state index in [1.165, 1.54) is 18.1 Å². The summed E-state index contributed by atoms with van der Waals surface area (Å²) in [6.45, 7) is 10.2. The van der Waals surface area contributed by atoms with Gasteiger partial charge in [-0.3, -0.25) is 9.59 Å². The lowest BCUT2D eigenvalue weighted by atomic mass is 9.92. The summed E-state index contributed by atoms with van der Waals surface area (Å²) in [5.74, 6) is 1.62. The number of para-hydroxylation sites is 2. The summed E-state index contributed by atoms with van der Waals surface area (Å²) in [6.07, 6.45) is 3.28. The fourth-order valence-electron chi connectivity index (χ4n) is 3.89. The average molecular weight is 467 g/mol.